The van der Waals surface area contributed by atoms with Gasteiger partial charge in [0.1, 0.15) is 11.5 Å². The summed E-state index contributed by atoms with van der Waals surface area (Å²) in [6.07, 6.45) is 13.1. The molecule has 0 saturated carbocycles. The number of aryl methyl sites for hydroxylation is 1. The van der Waals surface area contributed by atoms with Gasteiger partial charge in [0, 0.05) is 10.5 Å². The quantitative estimate of drug-likeness (QED) is 0.0404. The lowest BCUT2D eigenvalue weighted by atomic mass is 10.0. The van der Waals surface area contributed by atoms with Gasteiger partial charge in [-0.2, -0.15) is 0 Å². The number of hydrogen-bond donors (Lipinski definition) is 0. The first-order valence-electron chi connectivity index (χ1n) is 16.0. The maximum Gasteiger partial charge on any atom is 0.343 e. The molecule has 240 valence electrons. The molecule has 3 aromatic carbocycles. The van der Waals surface area contributed by atoms with Gasteiger partial charge in [-0.3, -0.25) is 0 Å². The molecule has 3 aromatic rings. The van der Waals surface area contributed by atoms with Crippen molar-refractivity contribution in [1.29, 1.82) is 0 Å². The van der Waals surface area contributed by atoms with Gasteiger partial charge in [0.25, 0.3) is 0 Å². The predicted molar refractivity (Wildman–Crippen MR) is 181 cm³/mol. The Morgan fingerprint density at radius 2 is 1.16 bits per heavy atom. The Morgan fingerprint density at radius 1 is 0.644 bits per heavy atom. The van der Waals surface area contributed by atoms with Crippen molar-refractivity contribution in [2.75, 3.05) is 12.4 Å². The average Bonchev–Trinajstić information content (AvgIpc) is 3.05. The van der Waals surface area contributed by atoms with Gasteiger partial charge in [-0.1, -0.05) is 70.6 Å². The van der Waals surface area contributed by atoms with Crippen LogP contribution in [0.25, 0.3) is 0 Å². The van der Waals surface area contributed by atoms with E-state index in [9.17, 15) is 14.4 Å². The molecule has 0 aliphatic carbocycles. The molecule has 0 aliphatic heterocycles. The van der Waals surface area contributed by atoms with E-state index in [2.05, 4.69) is 13.5 Å². The maximum atomic E-state index is 12.6. The number of hydrogen-bond acceptors (Lipinski definition) is 7. The molecule has 0 bridgehead atoms. The summed E-state index contributed by atoms with van der Waals surface area (Å²) >= 11 is 1.67. The zero-order valence-corrected chi connectivity index (χ0v) is 27.5. The van der Waals surface area contributed by atoms with Crippen LogP contribution < -0.4 is 9.47 Å². The van der Waals surface area contributed by atoms with Gasteiger partial charge >= 0.3 is 17.9 Å². The Morgan fingerprint density at radius 3 is 1.71 bits per heavy atom. The molecule has 0 aliphatic rings. The molecule has 0 amide bonds. The van der Waals surface area contributed by atoms with Gasteiger partial charge in [-0.05, 0) is 105 Å². The number of benzene rings is 3. The molecule has 7 heteroatoms. The zero-order valence-electron chi connectivity index (χ0n) is 26.7. The smallest absolute Gasteiger partial charge is 0.343 e. The molecule has 45 heavy (non-hydrogen) atoms. The van der Waals surface area contributed by atoms with Crippen molar-refractivity contribution in [3.8, 4) is 11.5 Å². The fourth-order valence-corrected chi connectivity index (χ4v) is 5.46. The number of carbonyl (C=O) groups is 3. The van der Waals surface area contributed by atoms with Gasteiger partial charge in [0.05, 0.1) is 17.7 Å². The Balaban J connectivity index is 1.35. The largest absolute Gasteiger partial charge is 0.462 e. The molecule has 0 fully saturated rings. The highest BCUT2D eigenvalue weighted by atomic mass is 32.2. The SMILES string of the molecule is C=C(C)C(=O)OCCCCSc1ccc(C(=O)Oc2ccc(C(=O)Oc3ccc(CCCCCCCCCC)cc3)cc2)cc1. The van der Waals surface area contributed by atoms with Crippen LogP contribution >= 0.6 is 11.8 Å². The third kappa shape index (κ3) is 13.8. The number of rotatable bonds is 20. The second kappa shape index (κ2) is 20.2. The van der Waals surface area contributed by atoms with Crippen LogP contribution in [0.4, 0.5) is 0 Å². The molecule has 0 unspecified atom stereocenters. The van der Waals surface area contributed by atoms with E-state index in [1.165, 1.54) is 56.9 Å². The lowest BCUT2D eigenvalue weighted by Gasteiger charge is -2.08. The Hall–Kier alpha value is -3.84. The van der Waals surface area contributed by atoms with Crippen LogP contribution in [0.15, 0.2) is 89.8 Å². The van der Waals surface area contributed by atoms with Crippen molar-refractivity contribution < 1.29 is 28.6 Å². The van der Waals surface area contributed by atoms with E-state index in [1.807, 2.05) is 36.4 Å². The number of esters is 3. The topological polar surface area (TPSA) is 78.9 Å². The second-order valence-corrected chi connectivity index (χ2v) is 12.3. The molecule has 3 rings (SSSR count). The molecule has 0 radical (unpaired) electrons. The zero-order chi connectivity index (χ0) is 32.3. The molecule has 0 saturated heterocycles. The van der Waals surface area contributed by atoms with E-state index in [0.29, 0.717) is 34.8 Å². The van der Waals surface area contributed by atoms with Crippen molar-refractivity contribution in [2.45, 2.75) is 89.4 Å². The Kier molecular flexibility index (Phi) is 16.0. The summed E-state index contributed by atoms with van der Waals surface area (Å²) in [4.78, 5) is 37.7. The summed E-state index contributed by atoms with van der Waals surface area (Å²) in [6.45, 7) is 7.82. The monoisotopic (exact) mass is 630 g/mol. The van der Waals surface area contributed by atoms with E-state index in [1.54, 1.807) is 55.1 Å². The van der Waals surface area contributed by atoms with Gasteiger partial charge < -0.3 is 14.2 Å². The van der Waals surface area contributed by atoms with E-state index >= 15 is 0 Å². The highest BCUT2D eigenvalue weighted by molar-refractivity contribution is 7.99. The normalized spacial score (nSPS) is 10.7. The third-order valence-corrected chi connectivity index (χ3v) is 8.33. The number of carbonyl (C=O) groups excluding carboxylic acids is 3. The van der Waals surface area contributed by atoms with Crippen LogP contribution in [0, 0.1) is 0 Å². The average molecular weight is 631 g/mol. The van der Waals surface area contributed by atoms with E-state index < -0.39 is 11.9 Å². The first kappa shape index (κ1) is 35.6. The van der Waals surface area contributed by atoms with Crippen molar-refractivity contribution >= 4 is 29.7 Å². The molecule has 0 heterocycles. The number of thioether (sulfide) groups is 1. The van der Waals surface area contributed by atoms with Crippen LogP contribution in [-0.4, -0.2) is 30.3 Å². The van der Waals surface area contributed by atoms with Crippen molar-refractivity contribution in [1.82, 2.24) is 0 Å². The van der Waals surface area contributed by atoms with Crippen LogP contribution in [0.2, 0.25) is 0 Å². The summed E-state index contributed by atoms with van der Waals surface area (Å²) < 4.78 is 16.1. The molecule has 0 aromatic heterocycles. The van der Waals surface area contributed by atoms with Crippen LogP contribution in [0.1, 0.15) is 104 Å². The Labute approximate surface area is 272 Å². The summed E-state index contributed by atoms with van der Waals surface area (Å²) in [6, 6.07) is 21.3. The van der Waals surface area contributed by atoms with Crippen LogP contribution in [0.5, 0.6) is 11.5 Å². The van der Waals surface area contributed by atoms with Gasteiger partial charge in [0.15, 0.2) is 0 Å². The van der Waals surface area contributed by atoms with Gasteiger partial charge in [-0.15, -0.1) is 11.8 Å². The summed E-state index contributed by atoms with van der Waals surface area (Å²) in [5.41, 5.74) is 2.45. The maximum absolute atomic E-state index is 12.6. The summed E-state index contributed by atoms with van der Waals surface area (Å²) in [5.74, 6) is 0.406. The first-order valence-corrected chi connectivity index (χ1v) is 17.0. The fraction of sp³-hybridized carbons (Fsp3) is 0.395. The van der Waals surface area contributed by atoms with Gasteiger partial charge in [0.2, 0.25) is 0 Å². The van der Waals surface area contributed by atoms with E-state index in [-0.39, 0.29) is 5.97 Å². The first-order chi connectivity index (χ1) is 21.9. The van der Waals surface area contributed by atoms with E-state index in [0.717, 1.165) is 29.9 Å². The highest BCUT2D eigenvalue weighted by Crippen LogP contribution is 2.22. The lowest BCUT2D eigenvalue weighted by molar-refractivity contribution is -0.139. The highest BCUT2D eigenvalue weighted by Gasteiger charge is 2.12. The summed E-state index contributed by atoms with van der Waals surface area (Å²) in [5, 5.41) is 0. The van der Waals surface area contributed by atoms with Gasteiger partial charge in [-0.25, -0.2) is 14.4 Å². The minimum atomic E-state index is -0.478. The molecule has 0 atom stereocenters. The van der Waals surface area contributed by atoms with Crippen molar-refractivity contribution in [2.24, 2.45) is 0 Å². The van der Waals surface area contributed by atoms with Crippen molar-refractivity contribution in [3.63, 3.8) is 0 Å². The molecule has 0 N–H and O–H groups in total. The summed E-state index contributed by atoms with van der Waals surface area (Å²) in [7, 11) is 0. The minimum absolute atomic E-state index is 0.340. The second-order valence-electron chi connectivity index (χ2n) is 11.2. The molecule has 6 nitrogen and oxygen atoms in total. The molecular formula is C38H46O6S. The number of ether oxygens (including phenoxy) is 3. The number of unbranched alkanes of at least 4 members (excludes halogenated alkanes) is 8. The molecular weight excluding hydrogens is 584 g/mol. The van der Waals surface area contributed by atoms with Crippen LogP contribution in [-0.2, 0) is 16.0 Å². The predicted octanol–water partition coefficient (Wildman–Crippen LogP) is 9.80. The third-order valence-electron chi connectivity index (χ3n) is 7.23. The lowest BCUT2D eigenvalue weighted by Crippen LogP contribution is -2.10. The minimum Gasteiger partial charge on any atom is -0.462 e. The van der Waals surface area contributed by atoms with Crippen LogP contribution in [0.3, 0.4) is 0 Å². The molecule has 0 spiro atoms. The fourth-order valence-electron chi connectivity index (χ4n) is 4.55. The van der Waals surface area contributed by atoms with Crippen molar-refractivity contribution in [3.05, 3.63) is 102 Å². The standard InChI is InChI=1S/C38H46O6S/c1-4-5-6-7-8-9-10-11-14-30-15-21-33(22-16-30)43-37(40)31-17-23-34(24-18-31)44-38(41)32-19-25-35(26-20-32)45-28-13-12-27-42-36(39)29(2)3/h15-26H,2,4-14,27-28H2,1,3H3. The Bertz CT molecular complexity index is 1350. The van der Waals surface area contributed by atoms with E-state index in [4.69, 9.17) is 14.2 Å².